The van der Waals surface area contributed by atoms with E-state index in [1.807, 2.05) is 61.0 Å². The zero-order chi connectivity index (χ0) is 26.8. The van der Waals surface area contributed by atoms with E-state index in [4.69, 9.17) is 4.74 Å². The van der Waals surface area contributed by atoms with Crippen molar-refractivity contribution in [3.8, 4) is 0 Å². The van der Waals surface area contributed by atoms with Gasteiger partial charge in [0.15, 0.2) is 0 Å². The number of rotatable bonds is 6. The van der Waals surface area contributed by atoms with E-state index in [0.717, 1.165) is 44.3 Å². The van der Waals surface area contributed by atoms with Crippen LogP contribution in [0, 0.1) is 13.8 Å². The average molecular weight is 533 g/mol. The maximum absolute atomic E-state index is 13.1. The Morgan fingerprint density at radius 2 is 1.79 bits per heavy atom. The van der Waals surface area contributed by atoms with Crippen LogP contribution in [0.4, 0.5) is 10.5 Å². The molecule has 0 radical (unpaired) electrons. The van der Waals surface area contributed by atoms with Gasteiger partial charge in [0.2, 0.25) is 11.8 Å². The monoisotopic (exact) mass is 532 g/mol. The number of amides is 4. The van der Waals surface area contributed by atoms with Gasteiger partial charge in [-0.15, -0.1) is 0 Å². The Balaban J connectivity index is 1.33. The Labute approximate surface area is 224 Å². The summed E-state index contributed by atoms with van der Waals surface area (Å²) in [6.07, 6.45) is 3.48. The number of thioether (sulfide) groups is 1. The van der Waals surface area contributed by atoms with Gasteiger partial charge in [-0.2, -0.15) is 0 Å². The predicted molar refractivity (Wildman–Crippen MR) is 147 cm³/mol. The number of aromatic nitrogens is 1. The highest BCUT2D eigenvalue weighted by molar-refractivity contribution is 8.18. The van der Waals surface area contributed by atoms with Crippen LogP contribution in [0.2, 0.25) is 0 Å². The summed E-state index contributed by atoms with van der Waals surface area (Å²) in [5, 5.41) is 3.12. The molecule has 3 heterocycles. The van der Waals surface area contributed by atoms with Crippen LogP contribution in [0.3, 0.4) is 0 Å². The molecule has 2 fully saturated rings. The Bertz CT molecular complexity index is 1470. The van der Waals surface area contributed by atoms with Gasteiger partial charge in [-0.25, -0.2) is 0 Å². The lowest BCUT2D eigenvalue weighted by molar-refractivity contribution is -0.135. The molecule has 10 heteroatoms. The molecule has 2 aliphatic rings. The molecule has 0 saturated carbocycles. The van der Waals surface area contributed by atoms with E-state index in [1.54, 1.807) is 17.0 Å². The van der Waals surface area contributed by atoms with E-state index in [1.165, 1.54) is 0 Å². The number of ether oxygens (including phenoxy) is 1. The summed E-state index contributed by atoms with van der Waals surface area (Å²) in [6, 6.07) is 13.1. The van der Waals surface area contributed by atoms with E-state index in [9.17, 15) is 19.2 Å². The molecule has 1 aromatic heterocycles. The highest BCUT2D eigenvalue weighted by atomic mass is 32.2. The zero-order valence-electron chi connectivity index (χ0n) is 21.2. The first kappa shape index (κ1) is 25.7. The predicted octanol–water partition coefficient (Wildman–Crippen LogP) is 3.79. The summed E-state index contributed by atoms with van der Waals surface area (Å²) in [5.74, 6) is -0.970. The van der Waals surface area contributed by atoms with Crippen molar-refractivity contribution in [1.82, 2.24) is 14.4 Å². The molecule has 4 amide bonds. The normalized spacial score (nSPS) is 17.1. The molecule has 3 aromatic rings. The maximum atomic E-state index is 13.1. The summed E-state index contributed by atoms with van der Waals surface area (Å²) < 4.78 is 7.20. The molecule has 2 aliphatic heterocycles. The van der Waals surface area contributed by atoms with Crippen LogP contribution in [-0.4, -0.2) is 70.2 Å². The number of imide groups is 1. The third-order valence-electron chi connectivity index (χ3n) is 6.74. The van der Waals surface area contributed by atoms with E-state index in [-0.39, 0.29) is 23.9 Å². The summed E-state index contributed by atoms with van der Waals surface area (Å²) in [7, 11) is 0. The number of para-hydroxylation sites is 1. The fourth-order valence-electron chi connectivity index (χ4n) is 4.52. The summed E-state index contributed by atoms with van der Waals surface area (Å²) in [6.45, 7) is 5.91. The number of hydrogen-bond donors (Lipinski definition) is 1. The molecule has 2 saturated heterocycles. The molecule has 1 N–H and O–H groups in total. The van der Waals surface area contributed by atoms with Crippen molar-refractivity contribution in [1.29, 1.82) is 0 Å². The largest absolute Gasteiger partial charge is 0.378 e. The van der Waals surface area contributed by atoms with Crippen LogP contribution in [0.15, 0.2) is 53.6 Å². The number of anilines is 1. The lowest BCUT2D eigenvalue weighted by atomic mass is 10.1. The fraction of sp³-hybridized carbons (Fsp3) is 0.286. The van der Waals surface area contributed by atoms with E-state index in [2.05, 4.69) is 5.32 Å². The molecule has 38 heavy (non-hydrogen) atoms. The smallest absolute Gasteiger partial charge is 0.294 e. The highest BCUT2D eigenvalue weighted by Gasteiger charge is 2.36. The van der Waals surface area contributed by atoms with E-state index < -0.39 is 17.1 Å². The first-order chi connectivity index (χ1) is 18.3. The van der Waals surface area contributed by atoms with Gasteiger partial charge in [-0.05, 0) is 61.0 Å². The summed E-state index contributed by atoms with van der Waals surface area (Å²) >= 11 is 0.804. The number of benzene rings is 2. The number of carbonyl (C=O) groups is 4. The molecular formula is C28H28N4O5S. The van der Waals surface area contributed by atoms with Crippen LogP contribution in [0.25, 0.3) is 17.0 Å². The molecule has 5 rings (SSSR count). The highest BCUT2D eigenvalue weighted by Crippen LogP contribution is 2.34. The van der Waals surface area contributed by atoms with Gasteiger partial charge >= 0.3 is 0 Å². The van der Waals surface area contributed by atoms with Gasteiger partial charge in [-0.3, -0.25) is 24.1 Å². The topological polar surface area (TPSA) is 101 Å². The van der Waals surface area contributed by atoms with Crippen molar-refractivity contribution < 1.29 is 23.9 Å². The number of morpholine rings is 1. The third-order valence-corrected chi connectivity index (χ3v) is 7.65. The molecule has 0 atom stereocenters. The van der Waals surface area contributed by atoms with Gasteiger partial charge in [0.1, 0.15) is 13.1 Å². The molecule has 0 unspecified atom stereocenters. The minimum absolute atomic E-state index is 0.00397. The average Bonchev–Trinajstić information content (AvgIpc) is 3.38. The lowest BCUT2D eigenvalue weighted by Crippen LogP contribution is -2.42. The van der Waals surface area contributed by atoms with Gasteiger partial charge in [0, 0.05) is 41.4 Å². The second-order valence-corrected chi connectivity index (χ2v) is 10.3. The maximum Gasteiger partial charge on any atom is 0.294 e. The first-order valence-corrected chi connectivity index (χ1v) is 13.2. The summed E-state index contributed by atoms with van der Waals surface area (Å²) in [5.41, 5.74) is 4.32. The number of carbonyl (C=O) groups excluding carboxylic acids is 4. The van der Waals surface area contributed by atoms with Crippen molar-refractivity contribution in [2.75, 3.05) is 38.2 Å². The van der Waals surface area contributed by atoms with Crippen molar-refractivity contribution >= 4 is 57.4 Å². The van der Waals surface area contributed by atoms with Gasteiger partial charge in [0.05, 0.1) is 18.1 Å². The van der Waals surface area contributed by atoms with Crippen LogP contribution in [0.5, 0.6) is 0 Å². The van der Waals surface area contributed by atoms with E-state index >= 15 is 0 Å². The fourth-order valence-corrected chi connectivity index (χ4v) is 5.35. The SMILES string of the molecule is Cc1ccc(NC(=O)CN2C(=O)S/C(=C\c3cn(CC(=O)N4CCOCC4)c4ccccc34)C2=O)cc1C. The quantitative estimate of drug-likeness (QED) is 0.485. The minimum Gasteiger partial charge on any atom is -0.378 e. The summed E-state index contributed by atoms with van der Waals surface area (Å²) in [4.78, 5) is 54.2. The third kappa shape index (κ3) is 5.36. The van der Waals surface area contributed by atoms with Gasteiger partial charge in [0.25, 0.3) is 11.1 Å². The molecule has 0 bridgehead atoms. The van der Waals surface area contributed by atoms with Crippen molar-refractivity contribution in [3.63, 3.8) is 0 Å². The number of aryl methyl sites for hydroxylation is 2. The van der Waals surface area contributed by atoms with Gasteiger partial charge < -0.3 is 19.5 Å². The first-order valence-electron chi connectivity index (χ1n) is 12.4. The number of nitrogens with zero attached hydrogens (tertiary/aromatic N) is 3. The Hall–Kier alpha value is -3.89. The second-order valence-electron chi connectivity index (χ2n) is 9.34. The van der Waals surface area contributed by atoms with E-state index in [0.29, 0.717) is 32.0 Å². The van der Waals surface area contributed by atoms with Crippen LogP contribution in [0.1, 0.15) is 16.7 Å². The molecule has 196 valence electrons. The Kier molecular flexibility index (Phi) is 7.35. The minimum atomic E-state index is -0.517. The number of hydrogen-bond acceptors (Lipinski definition) is 6. The zero-order valence-corrected chi connectivity index (χ0v) is 22.0. The lowest BCUT2D eigenvalue weighted by Gasteiger charge is -2.27. The Morgan fingerprint density at radius 3 is 2.55 bits per heavy atom. The van der Waals surface area contributed by atoms with Gasteiger partial charge in [-0.1, -0.05) is 24.3 Å². The van der Waals surface area contributed by atoms with Crippen LogP contribution in [-0.2, 0) is 25.7 Å². The number of fused-ring (bicyclic) bond motifs is 1. The standard InChI is InChI=1S/C28H28N4O5S/c1-18-7-8-21(13-19(18)2)29-25(33)16-32-27(35)24(38-28(32)36)14-20-15-31(23-6-4-3-5-22(20)23)17-26(34)30-9-11-37-12-10-30/h3-8,13-15H,9-12,16-17H2,1-2H3,(H,29,33)/b24-14-. The molecule has 0 aliphatic carbocycles. The van der Waals surface area contributed by atoms with Crippen LogP contribution < -0.4 is 5.32 Å². The van der Waals surface area contributed by atoms with Crippen LogP contribution >= 0.6 is 11.8 Å². The molecule has 9 nitrogen and oxygen atoms in total. The van der Waals surface area contributed by atoms with Crippen molar-refractivity contribution in [2.24, 2.45) is 0 Å². The Morgan fingerprint density at radius 1 is 1.03 bits per heavy atom. The van der Waals surface area contributed by atoms with Crippen molar-refractivity contribution in [3.05, 3.63) is 70.3 Å². The molecule has 2 aromatic carbocycles. The van der Waals surface area contributed by atoms with Crippen molar-refractivity contribution in [2.45, 2.75) is 20.4 Å². The molecular weight excluding hydrogens is 504 g/mol. The number of nitrogens with one attached hydrogen (secondary N) is 1. The second kappa shape index (κ2) is 10.8. The molecule has 0 spiro atoms.